The van der Waals surface area contributed by atoms with E-state index in [2.05, 4.69) is 25.5 Å². The van der Waals surface area contributed by atoms with Crippen LogP contribution in [-0.2, 0) is 15.4 Å². The summed E-state index contributed by atoms with van der Waals surface area (Å²) in [7, 11) is -3.20. The molecule has 0 atom stereocenters. The standard InChI is InChI=1S/C12H19NO2S/c1-9-6-7-10(13-16(5,14)15)8-11(9)12(2,3)4/h6-8,13H,1-5H3. The summed E-state index contributed by atoms with van der Waals surface area (Å²) in [4.78, 5) is 0. The second-order valence-electron chi connectivity index (χ2n) is 5.15. The molecule has 0 spiro atoms. The van der Waals surface area contributed by atoms with Gasteiger partial charge in [0.15, 0.2) is 0 Å². The first kappa shape index (κ1) is 13.0. The van der Waals surface area contributed by atoms with Gasteiger partial charge in [-0.15, -0.1) is 0 Å². The van der Waals surface area contributed by atoms with Crippen molar-refractivity contribution >= 4 is 15.7 Å². The summed E-state index contributed by atoms with van der Waals surface area (Å²) < 4.78 is 24.8. The fourth-order valence-electron chi connectivity index (χ4n) is 1.71. The van der Waals surface area contributed by atoms with E-state index in [4.69, 9.17) is 0 Å². The fraction of sp³-hybridized carbons (Fsp3) is 0.500. The van der Waals surface area contributed by atoms with Crippen LogP contribution in [0.3, 0.4) is 0 Å². The highest BCUT2D eigenvalue weighted by atomic mass is 32.2. The molecule has 0 amide bonds. The highest BCUT2D eigenvalue weighted by Crippen LogP contribution is 2.28. The lowest BCUT2D eigenvalue weighted by Gasteiger charge is -2.22. The van der Waals surface area contributed by atoms with Gasteiger partial charge < -0.3 is 0 Å². The van der Waals surface area contributed by atoms with Gasteiger partial charge in [0.1, 0.15) is 0 Å². The Morgan fingerprint density at radius 2 is 1.75 bits per heavy atom. The average Bonchev–Trinajstić information content (AvgIpc) is 2.04. The number of benzene rings is 1. The number of aryl methyl sites for hydroxylation is 1. The molecule has 0 bridgehead atoms. The summed E-state index contributed by atoms with van der Waals surface area (Å²) in [6, 6.07) is 5.62. The Balaban J connectivity index is 3.18. The van der Waals surface area contributed by atoms with Crippen molar-refractivity contribution in [3.8, 4) is 0 Å². The summed E-state index contributed by atoms with van der Waals surface area (Å²) in [6.45, 7) is 8.36. The van der Waals surface area contributed by atoms with E-state index in [1.54, 1.807) is 6.07 Å². The van der Waals surface area contributed by atoms with Gasteiger partial charge in [-0.05, 0) is 35.6 Å². The summed E-state index contributed by atoms with van der Waals surface area (Å²) in [5.74, 6) is 0. The molecule has 4 heteroatoms. The van der Waals surface area contributed by atoms with Crippen molar-refractivity contribution in [2.24, 2.45) is 0 Å². The van der Waals surface area contributed by atoms with Crippen LogP contribution in [-0.4, -0.2) is 14.7 Å². The first-order valence-corrected chi connectivity index (χ1v) is 7.08. The van der Waals surface area contributed by atoms with Crippen LogP contribution in [0.15, 0.2) is 18.2 Å². The topological polar surface area (TPSA) is 46.2 Å². The molecule has 0 radical (unpaired) electrons. The second-order valence-corrected chi connectivity index (χ2v) is 6.90. The van der Waals surface area contributed by atoms with Gasteiger partial charge in [0.05, 0.1) is 6.26 Å². The Morgan fingerprint density at radius 1 is 1.19 bits per heavy atom. The van der Waals surface area contributed by atoms with Crippen molar-refractivity contribution in [3.63, 3.8) is 0 Å². The maximum atomic E-state index is 11.1. The van der Waals surface area contributed by atoms with E-state index in [9.17, 15) is 8.42 Å². The molecule has 0 fully saturated rings. The van der Waals surface area contributed by atoms with Gasteiger partial charge in [-0.3, -0.25) is 4.72 Å². The summed E-state index contributed by atoms with van der Waals surface area (Å²) in [5, 5.41) is 0. The number of sulfonamides is 1. The summed E-state index contributed by atoms with van der Waals surface area (Å²) in [6.07, 6.45) is 1.16. The summed E-state index contributed by atoms with van der Waals surface area (Å²) >= 11 is 0. The Kier molecular flexibility index (Phi) is 3.33. The smallest absolute Gasteiger partial charge is 0.229 e. The van der Waals surface area contributed by atoms with Gasteiger partial charge in [0.25, 0.3) is 0 Å². The molecule has 3 nitrogen and oxygen atoms in total. The molecular weight excluding hydrogens is 222 g/mol. The van der Waals surface area contributed by atoms with Crippen LogP contribution >= 0.6 is 0 Å². The third-order valence-electron chi connectivity index (χ3n) is 2.35. The first-order chi connectivity index (χ1) is 7.09. The van der Waals surface area contributed by atoms with Crippen LogP contribution in [0, 0.1) is 6.92 Å². The van der Waals surface area contributed by atoms with Crippen LogP contribution in [0.2, 0.25) is 0 Å². The minimum absolute atomic E-state index is 0.0132. The molecule has 16 heavy (non-hydrogen) atoms. The molecule has 0 saturated carbocycles. The molecule has 1 N–H and O–H groups in total. The molecule has 0 aliphatic rings. The molecule has 0 aliphatic carbocycles. The zero-order chi connectivity index (χ0) is 12.6. The average molecular weight is 241 g/mol. The zero-order valence-electron chi connectivity index (χ0n) is 10.5. The number of hydrogen-bond acceptors (Lipinski definition) is 2. The number of anilines is 1. The molecule has 90 valence electrons. The van der Waals surface area contributed by atoms with Crippen LogP contribution in [0.25, 0.3) is 0 Å². The van der Waals surface area contributed by atoms with Crippen molar-refractivity contribution in [1.82, 2.24) is 0 Å². The highest BCUT2D eigenvalue weighted by molar-refractivity contribution is 7.92. The number of rotatable bonds is 2. The maximum absolute atomic E-state index is 11.1. The van der Waals surface area contributed by atoms with Crippen LogP contribution in [0.4, 0.5) is 5.69 Å². The molecule has 0 saturated heterocycles. The Hall–Kier alpha value is -1.03. The Morgan fingerprint density at radius 3 is 2.19 bits per heavy atom. The molecule has 0 unspecified atom stereocenters. The molecular formula is C12H19NO2S. The fourth-order valence-corrected chi connectivity index (χ4v) is 2.26. The molecule has 0 heterocycles. The van der Waals surface area contributed by atoms with E-state index < -0.39 is 10.0 Å². The van der Waals surface area contributed by atoms with Crippen molar-refractivity contribution in [1.29, 1.82) is 0 Å². The molecule has 1 rings (SSSR count). The van der Waals surface area contributed by atoms with E-state index in [1.807, 2.05) is 19.1 Å². The Bertz CT molecular complexity index is 484. The number of nitrogens with one attached hydrogen (secondary N) is 1. The number of hydrogen-bond donors (Lipinski definition) is 1. The Labute approximate surface area is 97.9 Å². The van der Waals surface area contributed by atoms with E-state index in [0.717, 1.165) is 11.8 Å². The second kappa shape index (κ2) is 4.09. The minimum Gasteiger partial charge on any atom is -0.284 e. The van der Waals surface area contributed by atoms with Crippen molar-refractivity contribution in [3.05, 3.63) is 29.3 Å². The SMILES string of the molecule is Cc1ccc(NS(C)(=O)=O)cc1C(C)(C)C. The molecule has 1 aromatic carbocycles. The van der Waals surface area contributed by atoms with Gasteiger partial charge in [0, 0.05) is 5.69 Å². The molecule has 0 aromatic heterocycles. The van der Waals surface area contributed by atoms with E-state index in [0.29, 0.717) is 5.69 Å². The predicted molar refractivity (Wildman–Crippen MR) is 68.3 cm³/mol. The van der Waals surface area contributed by atoms with Crippen LogP contribution < -0.4 is 4.72 Å². The largest absolute Gasteiger partial charge is 0.284 e. The van der Waals surface area contributed by atoms with Crippen molar-refractivity contribution < 1.29 is 8.42 Å². The van der Waals surface area contributed by atoms with Gasteiger partial charge in [-0.2, -0.15) is 0 Å². The highest BCUT2D eigenvalue weighted by Gasteiger charge is 2.17. The van der Waals surface area contributed by atoms with E-state index in [1.165, 1.54) is 5.56 Å². The summed E-state index contributed by atoms with van der Waals surface area (Å²) in [5.41, 5.74) is 2.96. The lowest BCUT2D eigenvalue weighted by atomic mass is 9.84. The predicted octanol–water partition coefficient (Wildman–Crippen LogP) is 2.66. The van der Waals surface area contributed by atoms with E-state index >= 15 is 0 Å². The normalized spacial score (nSPS) is 12.6. The third kappa shape index (κ3) is 3.52. The van der Waals surface area contributed by atoms with Gasteiger partial charge in [-0.1, -0.05) is 26.8 Å². The van der Waals surface area contributed by atoms with E-state index in [-0.39, 0.29) is 5.41 Å². The maximum Gasteiger partial charge on any atom is 0.229 e. The van der Waals surface area contributed by atoms with Gasteiger partial charge >= 0.3 is 0 Å². The quantitative estimate of drug-likeness (QED) is 0.865. The minimum atomic E-state index is -3.20. The molecule has 1 aromatic rings. The first-order valence-electron chi connectivity index (χ1n) is 5.18. The van der Waals surface area contributed by atoms with Crippen molar-refractivity contribution in [2.45, 2.75) is 33.1 Å². The zero-order valence-corrected chi connectivity index (χ0v) is 11.3. The van der Waals surface area contributed by atoms with Gasteiger partial charge in [0.2, 0.25) is 10.0 Å². The van der Waals surface area contributed by atoms with Crippen LogP contribution in [0.5, 0.6) is 0 Å². The van der Waals surface area contributed by atoms with Crippen LogP contribution in [0.1, 0.15) is 31.9 Å². The van der Waals surface area contributed by atoms with Gasteiger partial charge in [-0.25, -0.2) is 8.42 Å². The van der Waals surface area contributed by atoms with Crippen molar-refractivity contribution in [2.75, 3.05) is 11.0 Å². The molecule has 0 aliphatic heterocycles. The monoisotopic (exact) mass is 241 g/mol. The lowest BCUT2D eigenvalue weighted by Crippen LogP contribution is -2.15. The third-order valence-corrected chi connectivity index (χ3v) is 2.96. The lowest BCUT2D eigenvalue weighted by molar-refractivity contribution is 0.586.